The highest BCUT2D eigenvalue weighted by Gasteiger charge is 2.17. The molecule has 1 aromatic heterocycles. The second-order valence-electron chi connectivity index (χ2n) is 7.26. The van der Waals surface area contributed by atoms with Crippen molar-refractivity contribution in [1.29, 1.82) is 0 Å². The number of rotatable bonds is 6. The van der Waals surface area contributed by atoms with Gasteiger partial charge in [-0.1, -0.05) is 5.16 Å². The molecule has 4 rings (SSSR count). The van der Waals surface area contributed by atoms with Crippen LogP contribution in [0.25, 0.3) is 22.2 Å². The monoisotopic (exact) mass is 385 g/mol. The molecule has 0 saturated carbocycles. The zero-order valence-corrected chi connectivity index (χ0v) is 15.8. The largest absolute Gasteiger partial charge is 0.491 e. The van der Waals surface area contributed by atoms with Crippen LogP contribution in [0.15, 0.2) is 47.0 Å². The van der Waals surface area contributed by atoms with E-state index in [0.717, 1.165) is 37.1 Å². The average Bonchev–Trinajstić information content (AvgIpc) is 3.11. The summed E-state index contributed by atoms with van der Waals surface area (Å²) in [6.45, 7) is 4.86. The molecule has 2 heterocycles. The molecule has 6 nitrogen and oxygen atoms in total. The number of aromatic nitrogens is 1. The summed E-state index contributed by atoms with van der Waals surface area (Å²) < 4.78 is 24.2. The average molecular weight is 385 g/mol. The van der Waals surface area contributed by atoms with Crippen LogP contribution in [-0.2, 0) is 0 Å². The van der Waals surface area contributed by atoms with Crippen LogP contribution in [0.1, 0.15) is 0 Å². The van der Waals surface area contributed by atoms with E-state index >= 15 is 0 Å². The third kappa shape index (κ3) is 4.32. The minimum Gasteiger partial charge on any atom is -0.491 e. The lowest BCUT2D eigenvalue weighted by atomic mass is 10.1. The minimum absolute atomic E-state index is 0.248. The maximum atomic E-state index is 13.3. The first-order chi connectivity index (χ1) is 13.6. The molecule has 0 bridgehead atoms. The zero-order valence-electron chi connectivity index (χ0n) is 15.8. The van der Waals surface area contributed by atoms with Crippen LogP contribution in [0.3, 0.4) is 0 Å². The maximum Gasteiger partial charge on any atom is 0.170 e. The molecule has 148 valence electrons. The van der Waals surface area contributed by atoms with Gasteiger partial charge < -0.3 is 19.3 Å². The number of piperazine rings is 1. The minimum atomic E-state index is -0.530. The van der Waals surface area contributed by atoms with Gasteiger partial charge in [-0.2, -0.15) is 0 Å². The number of fused-ring (bicyclic) bond motifs is 1. The Bertz CT molecular complexity index is 920. The molecule has 1 unspecified atom stereocenters. The van der Waals surface area contributed by atoms with E-state index in [9.17, 15) is 9.50 Å². The summed E-state index contributed by atoms with van der Waals surface area (Å²) in [6.07, 6.45) is -0.530. The molecule has 2 aromatic carbocycles. The Morgan fingerprint density at radius 3 is 2.64 bits per heavy atom. The lowest BCUT2D eigenvalue weighted by molar-refractivity contribution is 0.0505. The Balaban J connectivity index is 1.34. The van der Waals surface area contributed by atoms with Gasteiger partial charge in [0, 0.05) is 49.7 Å². The molecule has 7 heteroatoms. The second-order valence-corrected chi connectivity index (χ2v) is 7.26. The summed E-state index contributed by atoms with van der Waals surface area (Å²) >= 11 is 0. The third-order valence-corrected chi connectivity index (χ3v) is 5.07. The van der Waals surface area contributed by atoms with Crippen LogP contribution in [0.2, 0.25) is 0 Å². The summed E-state index contributed by atoms with van der Waals surface area (Å²) in [5, 5.41) is 15.1. The summed E-state index contributed by atoms with van der Waals surface area (Å²) in [6, 6.07) is 11.8. The SMILES string of the molecule is CN1CCN(CC(O)COc2ccc(-c3noc4cc(F)ccc34)cc2)CC1. The molecule has 28 heavy (non-hydrogen) atoms. The molecular weight excluding hydrogens is 361 g/mol. The van der Waals surface area contributed by atoms with E-state index in [2.05, 4.69) is 22.0 Å². The number of benzene rings is 2. The van der Waals surface area contributed by atoms with E-state index in [1.54, 1.807) is 6.07 Å². The third-order valence-electron chi connectivity index (χ3n) is 5.07. The Morgan fingerprint density at radius 2 is 1.89 bits per heavy atom. The number of nitrogens with zero attached hydrogens (tertiary/aromatic N) is 3. The molecule has 1 saturated heterocycles. The van der Waals surface area contributed by atoms with Crippen molar-refractivity contribution < 1.29 is 18.8 Å². The molecule has 1 fully saturated rings. The summed E-state index contributed by atoms with van der Waals surface area (Å²) in [7, 11) is 2.11. The van der Waals surface area contributed by atoms with E-state index in [0.29, 0.717) is 23.6 Å². The van der Waals surface area contributed by atoms with E-state index in [1.807, 2.05) is 24.3 Å². The van der Waals surface area contributed by atoms with Crippen molar-refractivity contribution >= 4 is 11.0 Å². The number of ether oxygens (including phenoxy) is 1. The highest BCUT2D eigenvalue weighted by molar-refractivity contribution is 5.91. The maximum absolute atomic E-state index is 13.3. The molecule has 0 amide bonds. The number of hydrogen-bond donors (Lipinski definition) is 1. The molecule has 0 radical (unpaired) electrons. The molecule has 1 N–H and O–H groups in total. The van der Waals surface area contributed by atoms with E-state index in [1.165, 1.54) is 12.1 Å². The molecular formula is C21H24FN3O3. The highest BCUT2D eigenvalue weighted by atomic mass is 19.1. The van der Waals surface area contributed by atoms with Gasteiger partial charge in [0.15, 0.2) is 5.58 Å². The summed E-state index contributed by atoms with van der Waals surface area (Å²) in [5.41, 5.74) is 1.94. The van der Waals surface area contributed by atoms with Crippen molar-refractivity contribution in [2.45, 2.75) is 6.10 Å². The number of likely N-dealkylation sites (N-methyl/N-ethyl adjacent to an activating group) is 1. The molecule has 1 aliphatic rings. The van der Waals surface area contributed by atoms with Crippen molar-refractivity contribution in [3.63, 3.8) is 0 Å². The first-order valence-corrected chi connectivity index (χ1v) is 9.45. The molecule has 3 aromatic rings. The lowest BCUT2D eigenvalue weighted by Crippen LogP contribution is -2.47. The first kappa shape index (κ1) is 18.9. The normalized spacial score (nSPS) is 17.1. The predicted molar refractivity (Wildman–Crippen MR) is 105 cm³/mol. The fraction of sp³-hybridized carbons (Fsp3) is 0.381. The highest BCUT2D eigenvalue weighted by Crippen LogP contribution is 2.29. The van der Waals surface area contributed by atoms with Gasteiger partial charge in [-0.3, -0.25) is 4.90 Å². The van der Waals surface area contributed by atoms with Crippen molar-refractivity contribution in [2.75, 3.05) is 46.4 Å². The van der Waals surface area contributed by atoms with Crippen LogP contribution >= 0.6 is 0 Å². The topological polar surface area (TPSA) is 62.0 Å². The summed E-state index contributed by atoms with van der Waals surface area (Å²) in [5.74, 6) is 0.328. The van der Waals surface area contributed by atoms with Crippen LogP contribution in [0, 0.1) is 5.82 Å². The first-order valence-electron chi connectivity index (χ1n) is 9.45. The van der Waals surface area contributed by atoms with E-state index in [4.69, 9.17) is 9.26 Å². The van der Waals surface area contributed by atoms with Gasteiger partial charge in [-0.05, 0) is 43.4 Å². The predicted octanol–water partition coefficient (Wildman–Crippen LogP) is 2.62. The van der Waals surface area contributed by atoms with Crippen molar-refractivity contribution in [3.05, 3.63) is 48.3 Å². The number of hydrogen-bond acceptors (Lipinski definition) is 6. The van der Waals surface area contributed by atoms with Crippen molar-refractivity contribution in [3.8, 4) is 17.0 Å². The number of aliphatic hydroxyl groups excluding tert-OH is 1. The Hall–Kier alpha value is -2.48. The zero-order chi connectivity index (χ0) is 19.5. The number of halogens is 1. The number of β-amino-alcohol motifs (C(OH)–C–C–N with tert-alkyl or cyclic N) is 1. The molecule has 1 atom stereocenters. The standard InChI is InChI=1S/C21H24FN3O3/c1-24-8-10-25(11-9-24)13-17(26)14-27-18-5-2-15(3-6-18)21-19-7-4-16(22)12-20(19)28-23-21/h2-7,12,17,26H,8-11,13-14H2,1H3. The molecule has 0 spiro atoms. The van der Waals surface area contributed by atoms with E-state index in [-0.39, 0.29) is 12.4 Å². The lowest BCUT2D eigenvalue weighted by Gasteiger charge is -2.33. The second kappa shape index (κ2) is 8.26. The van der Waals surface area contributed by atoms with Gasteiger partial charge in [0.25, 0.3) is 0 Å². The van der Waals surface area contributed by atoms with Crippen molar-refractivity contribution in [2.24, 2.45) is 0 Å². The van der Waals surface area contributed by atoms with Crippen molar-refractivity contribution in [1.82, 2.24) is 15.0 Å². The van der Waals surface area contributed by atoms with Gasteiger partial charge >= 0.3 is 0 Å². The van der Waals surface area contributed by atoms with Crippen LogP contribution in [0.4, 0.5) is 4.39 Å². The van der Waals surface area contributed by atoms with Gasteiger partial charge in [-0.25, -0.2) is 4.39 Å². The Kier molecular flexibility index (Phi) is 5.57. The Labute approximate surface area is 163 Å². The molecule has 1 aliphatic heterocycles. The number of aliphatic hydroxyl groups is 1. The smallest absolute Gasteiger partial charge is 0.170 e. The van der Waals surface area contributed by atoms with Crippen LogP contribution in [0.5, 0.6) is 5.75 Å². The van der Waals surface area contributed by atoms with Crippen LogP contribution in [-0.4, -0.2) is 72.5 Å². The molecule has 0 aliphatic carbocycles. The fourth-order valence-electron chi connectivity index (χ4n) is 3.40. The fourth-order valence-corrected chi connectivity index (χ4v) is 3.40. The van der Waals surface area contributed by atoms with Gasteiger partial charge in [-0.15, -0.1) is 0 Å². The summed E-state index contributed by atoms with van der Waals surface area (Å²) in [4.78, 5) is 4.55. The van der Waals surface area contributed by atoms with Gasteiger partial charge in [0.05, 0.1) is 0 Å². The van der Waals surface area contributed by atoms with E-state index < -0.39 is 6.10 Å². The van der Waals surface area contributed by atoms with Crippen LogP contribution < -0.4 is 4.74 Å². The van der Waals surface area contributed by atoms with Gasteiger partial charge in [0.1, 0.15) is 30.0 Å². The Morgan fingerprint density at radius 1 is 1.14 bits per heavy atom. The van der Waals surface area contributed by atoms with Gasteiger partial charge in [0.2, 0.25) is 0 Å². The quantitative estimate of drug-likeness (QED) is 0.704.